The van der Waals surface area contributed by atoms with E-state index in [1.54, 1.807) is 0 Å². The van der Waals surface area contributed by atoms with E-state index in [2.05, 4.69) is 21.3 Å². The number of carbonyl (C=O) groups is 1. The standard InChI is InChI=1S/C17H27N3O/c1-17(10-5-6-11-18-17)16(21)13-14-9-12-20(19-14)15-7-3-2-4-8-15/h9,12,15,18H,2-8,10-11,13H2,1H3. The smallest absolute Gasteiger partial charge is 0.158 e. The number of nitrogens with one attached hydrogen (secondary N) is 1. The van der Waals surface area contributed by atoms with Gasteiger partial charge < -0.3 is 5.32 Å². The van der Waals surface area contributed by atoms with Crippen LogP contribution in [0.1, 0.15) is 70.0 Å². The lowest BCUT2D eigenvalue weighted by Crippen LogP contribution is -2.52. The summed E-state index contributed by atoms with van der Waals surface area (Å²) in [6.45, 7) is 3.01. The summed E-state index contributed by atoms with van der Waals surface area (Å²) in [7, 11) is 0. The molecule has 1 aromatic rings. The second-order valence-electron chi connectivity index (χ2n) is 6.89. The molecular formula is C17H27N3O. The number of nitrogens with zero attached hydrogens (tertiary/aromatic N) is 2. The van der Waals surface area contributed by atoms with Crippen LogP contribution in [0.5, 0.6) is 0 Å². The van der Waals surface area contributed by atoms with Crippen LogP contribution < -0.4 is 5.32 Å². The molecule has 1 aliphatic carbocycles. The molecule has 0 bridgehead atoms. The topological polar surface area (TPSA) is 46.9 Å². The summed E-state index contributed by atoms with van der Waals surface area (Å²) in [5.74, 6) is 0.288. The summed E-state index contributed by atoms with van der Waals surface area (Å²) >= 11 is 0. The molecule has 1 atom stereocenters. The van der Waals surface area contributed by atoms with E-state index in [0.717, 1.165) is 25.1 Å². The van der Waals surface area contributed by atoms with Crippen LogP contribution in [-0.4, -0.2) is 27.6 Å². The molecular weight excluding hydrogens is 262 g/mol. The Morgan fingerprint density at radius 2 is 2.14 bits per heavy atom. The zero-order valence-electron chi connectivity index (χ0n) is 13.1. The van der Waals surface area contributed by atoms with Gasteiger partial charge >= 0.3 is 0 Å². The molecule has 0 amide bonds. The number of aromatic nitrogens is 2. The number of carbonyl (C=O) groups excluding carboxylic acids is 1. The highest BCUT2D eigenvalue weighted by molar-refractivity contribution is 5.89. The Hall–Kier alpha value is -1.16. The van der Waals surface area contributed by atoms with Crippen LogP contribution in [0.2, 0.25) is 0 Å². The van der Waals surface area contributed by atoms with Crippen molar-refractivity contribution in [2.24, 2.45) is 0 Å². The third-order valence-electron chi connectivity index (χ3n) is 5.19. The van der Waals surface area contributed by atoms with Crippen LogP contribution in [-0.2, 0) is 11.2 Å². The average molecular weight is 289 g/mol. The van der Waals surface area contributed by atoms with Gasteiger partial charge in [-0.2, -0.15) is 5.10 Å². The Morgan fingerprint density at radius 3 is 2.86 bits per heavy atom. The van der Waals surface area contributed by atoms with Crippen molar-refractivity contribution >= 4 is 5.78 Å². The Balaban J connectivity index is 1.62. The first-order valence-corrected chi connectivity index (χ1v) is 8.50. The molecule has 1 N–H and O–H groups in total. The van der Waals surface area contributed by atoms with Crippen molar-refractivity contribution in [2.75, 3.05) is 6.54 Å². The number of hydrogen-bond acceptors (Lipinski definition) is 3. The first-order chi connectivity index (χ1) is 10.2. The van der Waals surface area contributed by atoms with Gasteiger partial charge in [-0.3, -0.25) is 9.48 Å². The summed E-state index contributed by atoms with van der Waals surface area (Å²) in [4.78, 5) is 12.6. The van der Waals surface area contributed by atoms with Gasteiger partial charge in [-0.15, -0.1) is 0 Å². The molecule has 2 heterocycles. The van der Waals surface area contributed by atoms with E-state index in [1.165, 1.54) is 38.5 Å². The van der Waals surface area contributed by atoms with Crippen molar-refractivity contribution in [3.05, 3.63) is 18.0 Å². The maximum Gasteiger partial charge on any atom is 0.158 e. The fourth-order valence-electron chi connectivity index (χ4n) is 3.67. The summed E-state index contributed by atoms with van der Waals surface area (Å²) in [6.07, 6.45) is 12.2. The summed E-state index contributed by atoms with van der Waals surface area (Å²) in [5.41, 5.74) is 0.589. The third-order valence-corrected chi connectivity index (χ3v) is 5.19. The van der Waals surface area contributed by atoms with Gasteiger partial charge in [0.1, 0.15) is 0 Å². The molecule has 4 nitrogen and oxygen atoms in total. The van der Waals surface area contributed by atoms with Gasteiger partial charge in [0.25, 0.3) is 0 Å². The fourth-order valence-corrected chi connectivity index (χ4v) is 3.67. The zero-order valence-corrected chi connectivity index (χ0v) is 13.1. The second-order valence-corrected chi connectivity index (χ2v) is 6.89. The Bertz CT molecular complexity index is 482. The predicted octanol–water partition coefficient (Wildman–Crippen LogP) is 3.03. The van der Waals surface area contributed by atoms with E-state index < -0.39 is 0 Å². The molecule has 3 rings (SSSR count). The van der Waals surface area contributed by atoms with Crippen LogP contribution >= 0.6 is 0 Å². The minimum Gasteiger partial charge on any atom is -0.305 e. The van der Waals surface area contributed by atoms with E-state index in [-0.39, 0.29) is 11.3 Å². The number of hydrogen-bond donors (Lipinski definition) is 1. The van der Waals surface area contributed by atoms with Gasteiger partial charge in [-0.05, 0) is 51.6 Å². The second kappa shape index (κ2) is 6.30. The first kappa shape index (κ1) is 14.8. The normalized spacial score (nSPS) is 27.7. The lowest BCUT2D eigenvalue weighted by molar-refractivity contribution is -0.125. The van der Waals surface area contributed by atoms with Crippen LogP contribution in [0.3, 0.4) is 0 Å². The van der Waals surface area contributed by atoms with Gasteiger partial charge in [0.2, 0.25) is 0 Å². The Labute approximate surface area is 127 Å². The minimum absolute atomic E-state index is 0.288. The van der Waals surface area contributed by atoms with Crippen LogP contribution in [0.25, 0.3) is 0 Å². The van der Waals surface area contributed by atoms with E-state index in [1.807, 2.05) is 13.0 Å². The van der Waals surface area contributed by atoms with Crippen molar-refractivity contribution in [3.8, 4) is 0 Å². The highest BCUT2D eigenvalue weighted by Crippen LogP contribution is 2.28. The van der Waals surface area contributed by atoms with Crippen LogP contribution in [0.4, 0.5) is 0 Å². The molecule has 0 aromatic carbocycles. The number of ketones is 1. The molecule has 1 saturated carbocycles. The molecule has 2 fully saturated rings. The SMILES string of the molecule is CC1(C(=O)Cc2ccn(C3CCCCC3)n2)CCCCN1. The quantitative estimate of drug-likeness (QED) is 0.926. The summed E-state index contributed by atoms with van der Waals surface area (Å²) in [5, 5.41) is 8.07. The monoisotopic (exact) mass is 289 g/mol. The Kier molecular flexibility index (Phi) is 4.43. The largest absolute Gasteiger partial charge is 0.305 e. The highest BCUT2D eigenvalue weighted by Gasteiger charge is 2.34. The third kappa shape index (κ3) is 3.37. The van der Waals surface area contributed by atoms with Gasteiger partial charge in [0, 0.05) is 6.20 Å². The molecule has 1 unspecified atom stereocenters. The summed E-state index contributed by atoms with van der Waals surface area (Å²) in [6, 6.07) is 2.57. The first-order valence-electron chi connectivity index (χ1n) is 8.50. The van der Waals surface area contributed by atoms with Crippen molar-refractivity contribution < 1.29 is 4.79 Å². The predicted molar refractivity (Wildman–Crippen MR) is 83.3 cm³/mol. The average Bonchev–Trinajstić information content (AvgIpc) is 2.97. The molecule has 0 radical (unpaired) electrons. The lowest BCUT2D eigenvalue weighted by Gasteiger charge is -2.33. The lowest BCUT2D eigenvalue weighted by atomic mass is 9.85. The van der Waals surface area contributed by atoms with Crippen molar-refractivity contribution in [1.82, 2.24) is 15.1 Å². The molecule has 116 valence electrons. The van der Waals surface area contributed by atoms with Gasteiger partial charge in [0.05, 0.1) is 23.7 Å². The highest BCUT2D eigenvalue weighted by atomic mass is 16.1. The van der Waals surface area contributed by atoms with Crippen molar-refractivity contribution in [1.29, 1.82) is 0 Å². The number of piperidine rings is 1. The Morgan fingerprint density at radius 1 is 1.33 bits per heavy atom. The molecule has 21 heavy (non-hydrogen) atoms. The fraction of sp³-hybridized carbons (Fsp3) is 0.765. The maximum absolute atomic E-state index is 12.6. The van der Waals surface area contributed by atoms with Gasteiger partial charge in [-0.1, -0.05) is 19.3 Å². The molecule has 0 spiro atoms. The van der Waals surface area contributed by atoms with Crippen LogP contribution in [0, 0.1) is 0 Å². The molecule has 1 aromatic heterocycles. The summed E-state index contributed by atoms with van der Waals surface area (Å²) < 4.78 is 2.10. The van der Waals surface area contributed by atoms with E-state index in [9.17, 15) is 4.79 Å². The van der Waals surface area contributed by atoms with E-state index in [0.29, 0.717) is 12.5 Å². The van der Waals surface area contributed by atoms with Crippen molar-refractivity contribution in [3.63, 3.8) is 0 Å². The van der Waals surface area contributed by atoms with Gasteiger partial charge in [-0.25, -0.2) is 0 Å². The number of rotatable bonds is 4. The number of Topliss-reactive ketones (excluding diaryl/α,β-unsaturated/α-hetero) is 1. The van der Waals surface area contributed by atoms with Gasteiger partial charge in [0.15, 0.2) is 5.78 Å². The molecule has 1 aliphatic heterocycles. The zero-order chi connectivity index (χ0) is 14.7. The molecule has 4 heteroatoms. The van der Waals surface area contributed by atoms with E-state index >= 15 is 0 Å². The van der Waals surface area contributed by atoms with E-state index in [4.69, 9.17) is 0 Å². The molecule has 1 saturated heterocycles. The molecule has 2 aliphatic rings. The van der Waals surface area contributed by atoms with Crippen molar-refractivity contribution in [2.45, 2.75) is 76.3 Å². The van der Waals surface area contributed by atoms with Crippen LogP contribution in [0.15, 0.2) is 12.3 Å². The minimum atomic E-state index is -0.340. The maximum atomic E-state index is 12.6.